The number of alkyl halides is 1. The molecule has 0 aliphatic carbocycles. The van der Waals surface area contributed by atoms with E-state index < -0.39 is 0 Å². The Labute approximate surface area is 92.0 Å². The standard InChI is InChI=1S/C11H24BrN/c1-5-7-8-13(6-2)10-11(3,4)9-12/h5-10H2,1-4H3. The molecule has 0 fully saturated rings. The van der Waals surface area contributed by atoms with Crippen molar-refractivity contribution in [2.45, 2.75) is 40.5 Å². The lowest BCUT2D eigenvalue weighted by atomic mass is 9.96. The minimum Gasteiger partial charge on any atom is -0.303 e. The molecule has 0 spiro atoms. The first-order valence-corrected chi connectivity index (χ1v) is 6.46. The Morgan fingerprint density at radius 3 is 2.23 bits per heavy atom. The highest BCUT2D eigenvalue weighted by Crippen LogP contribution is 2.19. The van der Waals surface area contributed by atoms with Gasteiger partial charge in [0.05, 0.1) is 0 Å². The summed E-state index contributed by atoms with van der Waals surface area (Å²) < 4.78 is 0. The normalized spacial score (nSPS) is 12.5. The number of unbranched alkanes of at least 4 members (excludes halogenated alkanes) is 1. The summed E-state index contributed by atoms with van der Waals surface area (Å²) in [5, 5.41) is 1.09. The maximum atomic E-state index is 3.57. The molecule has 0 bridgehead atoms. The van der Waals surface area contributed by atoms with Crippen molar-refractivity contribution in [3.8, 4) is 0 Å². The van der Waals surface area contributed by atoms with E-state index in [-0.39, 0.29) is 0 Å². The van der Waals surface area contributed by atoms with E-state index in [2.05, 4.69) is 48.5 Å². The van der Waals surface area contributed by atoms with Crippen molar-refractivity contribution in [2.24, 2.45) is 5.41 Å². The maximum absolute atomic E-state index is 3.57. The number of nitrogens with zero attached hydrogens (tertiary/aromatic N) is 1. The number of hydrogen-bond acceptors (Lipinski definition) is 1. The number of halogens is 1. The highest BCUT2D eigenvalue weighted by atomic mass is 79.9. The van der Waals surface area contributed by atoms with Crippen LogP contribution in [0.5, 0.6) is 0 Å². The predicted octanol–water partition coefficient (Wildman–Crippen LogP) is 3.53. The lowest BCUT2D eigenvalue weighted by molar-refractivity contribution is 0.201. The van der Waals surface area contributed by atoms with Crippen LogP contribution in [-0.2, 0) is 0 Å². The van der Waals surface area contributed by atoms with Crippen molar-refractivity contribution in [2.75, 3.05) is 25.0 Å². The van der Waals surface area contributed by atoms with Gasteiger partial charge in [-0.2, -0.15) is 0 Å². The Balaban J connectivity index is 3.82. The highest BCUT2D eigenvalue weighted by molar-refractivity contribution is 9.09. The van der Waals surface area contributed by atoms with Crippen LogP contribution in [0.1, 0.15) is 40.5 Å². The Hall–Kier alpha value is 0.440. The van der Waals surface area contributed by atoms with Gasteiger partial charge in [0, 0.05) is 11.9 Å². The highest BCUT2D eigenvalue weighted by Gasteiger charge is 2.19. The second-order valence-electron chi connectivity index (χ2n) is 4.52. The van der Waals surface area contributed by atoms with Crippen molar-refractivity contribution in [3.63, 3.8) is 0 Å². The predicted molar refractivity (Wildman–Crippen MR) is 64.6 cm³/mol. The van der Waals surface area contributed by atoms with Gasteiger partial charge in [-0.15, -0.1) is 0 Å². The Bertz CT molecular complexity index is 123. The molecule has 0 heterocycles. The first-order valence-electron chi connectivity index (χ1n) is 5.34. The van der Waals surface area contributed by atoms with Crippen LogP contribution in [0.25, 0.3) is 0 Å². The average Bonchev–Trinajstić information content (AvgIpc) is 2.12. The molecular weight excluding hydrogens is 226 g/mol. The van der Waals surface area contributed by atoms with Crippen LogP contribution < -0.4 is 0 Å². The topological polar surface area (TPSA) is 3.24 Å². The molecule has 0 aliphatic rings. The van der Waals surface area contributed by atoms with E-state index in [1.165, 1.54) is 32.5 Å². The number of rotatable bonds is 7. The fraction of sp³-hybridized carbons (Fsp3) is 1.00. The van der Waals surface area contributed by atoms with Crippen molar-refractivity contribution < 1.29 is 0 Å². The molecule has 0 aromatic carbocycles. The van der Waals surface area contributed by atoms with Crippen molar-refractivity contribution in [3.05, 3.63) is 0 Å². The summed E-state index contributed by atoms with van der Waals surface area (Å²) in [6.45, 7) is 12.8. The zero-order chi connectivity index (χ0) is 10.3. The monoisotopic (exact) mass is 249 g/mol. The van der Waals surface area contributed by atoms with Crippen LogP contribution >= 0.6 is 15.9 Å². The number of hydrogen-bond donors (Lipinski definition) is 0. The van der Waals surface area contributed by atoms with Crippen LogP contribution in [-0.4, -0.2) is 29.9 Å². The molecule has 0 aromatic heterocycles. The second kappa shape index (κ2) is 6.83. The largest absolute Gasteiger partial charge is 0.303 e. The summed E-state index contributed by atoms with van der Waals surface area (Å²) in [6, 6.07) is 0. The van der Waals surface area contributed by atoms with Gasteiger partial charge in [0.15, 0.2) is 0 Å². The molecule has 0 N–H and O–H groups in total. The Morgan fingerprint density at radius 2 is 1.85 bits per heavy atom. The van der Waals surface area contributed by atoms with Gasteiger partial charge in [0.1, 0.15) is 0 Å². The van der Waals surface area contributed by atoms with Crippen molar-refractivity contribution in [1.29, 1.82) is 0 Å². The molecule has 0 rings (SSSR count). The van der Waals surface area contributed by atoms with E-state index in [1.54, 1.807) is 0 Å². The zero-order valence-corrected chi connectivity index (χ0v) is 11.2. The van der Waals surface area contributed by atoms with Gasteiger partial charge < -0.3 is 4.90 Å². The molecule has 0 saturated heterocycles. The van der Waals surface area contributed by atoms with Crippen LogP contribution in [0.4, 0.5) is 0 Å². The smallest absolute Gasteiger partial charge is 0.00949 e. The summed E-state index contributed by atoms with van der Waals surface area (Å²) >= 11 is 3.57. The third-order valence-electron chi connectivity index (χ3n) is 2.29. The molecule has 1 nitrogen and oxygen atoms in total. The van der Waals surface area contributed by atoms with Crippen LogP contribution in [0.3, 0.4) is 0 Å². The average molecular weight is 250 g/mol. The quantitative estimate of drug-likeness (QED) is 0.625. The molecule has 0 aliphatic heterocycles. The van der Waals surface area contributed by atoms with Gasteiger partial charge in [0.25, 0.3) is 0 Å². The van der Waals surface area contributed by atoms with E-state index in [0.717, 1.165) is 5.33 Å². The van der Waals surface area contributed by atoms with Crippen LogP contribution in [0, 0.1) is 5.41 Å². The third kappa shape index (κ3) is 6.50. The molecule has 0 radical (unpaired) electrons. The van der Waals surface area contributed by atoms with Crippen LogP contribution in [0.15, 0.2) is 0 Å². The summed E-state index contributed by atoms with van der Waals surface area (Å²) in [5.74, 6) is 0. The molecule has 0 aromatic rings. The lowest BCUT2D eigenvalue weighted by Crippen LogP contribution is -2.35. The summed E-state index contributed by atoms with van der Waals surface area (Å²) in [7, 11) is 0. The van der Waals surface area contributed by atoms with Gasteiger partial charge in [-0.25, -0.2) is 0 Å². The molecule has 0 saturated carbocycles. The fourth-order valence-electron chi connectivity index (χ4n) is 1.38. The maximum Gasteiger partial charge on any atom is 0.00949 e. The van der Waals surface area contributed by atoms with Crippen molar-refractivity contribution in [1.82, 2.24) is 4.90 Å². The van der Waals surface area contributed by atoms with E-state index >= 15 is 0 Å². The molecule has 13 heavy (non-hydrogen) atoms. The summed E-state index contributed by atoms with van der Waals surface area (Å²) in [5.41, 5.74) is 0.406. The van der Waals surface area contributed by atoms with E-state index in [1.807, 2.05) is 0 Å². The fourth-order valence-corrected chi connectivity index (χ4v) is 1.56. The minimum atomic E-state index is 0.406. The molecule has 0 atom stereocenters. The molecule has 2 heteroatoms. The first kappa shape index (κ1) is 13.4. The lowest BCUT2D eigenvalue weighted by Gasteiger charge is -2.30. The third-order valence-corrected chi connectivity index (χ3v) is 3.81. The summed E-state index contributed by atoms with van der Waals surface area (Å²) in [6.07, 6.45) is 2.62. The van der Waals surface area contributed by atoms with Gasteiger partial charge >= 0.3 is 0 Å². The van der Waals surface area contributed by atoms with E-state index in [0.29, 0.717) is 5.41 Å². The van der Waals surface area contributed by atoms with E-state index in [9.17, 15) is 0 Å². The summed E-state index contributed by atoms with van der Waals surface area (Å²) in [4.78, 5) is 2.55. The van der Waals surface area contributed by atoms with Gasteiger partial charge in [-0.3, -0.25) is 0 Å². The molecule has 80 valence electrons. The minimum absolute atomic E-state index is 0.406. The Kier molecular flexibility index (Phi) is 7.06. The first-order chi connectivity index (χ1) is 6.05. The van der Waals surface area contributed by atoms with Gasteiger partial charge in [-0.05, 0) is 24.9 Å². The molecular formula is C11H24BrN. The van der Waals surface area contributed by atoms with Crippen molar-refractivity contribution >= 4 is 15.9 Å². The van der Waals surface area contributed by atoms with Gasteiger partial charge in [0.2, 0.25) is 0 Å². The van der Waals surface area contributed by atoms with Crippen LogP contribution in [0.2, 0.25) is 0 Å². The van der Waals surface area contributed by atoms with Gasteiger partial charge in [-0.1, -0.05) is 50.0 Å². The van der Waals surface area contributed by atoms with E-state index in [4.69, 9.17) is 0 Å². The zero-order valence-electron chi connectivity index (χ0n) is 9.57. The second-order valence-corrected chi connectivity index (χ2v) is 5.08. The Morgan fingerprint density at radius 1 is 1.23 bits per heavy atom. The molecule has 0 amide bonds. The SMILES string of the molecule is CCCCN(CC)CC(C)(C)CBr. The molecule has 0 unspecified atom stereocenters.